The van der Waals surface area contributed by atoms with Crippen LogP contribution in [0.4, 0.5) is 5.69 Å². The predicted molar refractivity (Wildman–Crippen MR) is 58.3 cm³/mol. The molecule has 0 aromatic heterocycles. The van der Waals surface area contributed by atoms with Gasteiger partial charge in [0.2, 0.25) is 6.10 Å². The fraction of sp³-hybridized carbons (Fsp3) is 0.200. The lowest BCUT2D eigenvalue weighted by Gasteiger charge is -2.01. The molecule has 0 saturated carbocycles. The first-order chi connectivity index (χ1) is 8.09. The summed E-state index contributed by atoms with van der Waals surface area (Å²) in [6.07, 6.45) is -0.690. The molecule has 0 spiro atoms. The van der Waals surface area contributed by atoms with E-state index in [9.17, 15) is 14.9 Å². The molecule has 1 amide bonds. The quantitative estimate of drug-likeness (QED) is 0.610. The van der Waals surface area contributed by atoms with Crippen LogP contribution in [0.25, 0.3) is 0 Å². The van der Waals surface area contributed by atoms with Crippen LogP contribution in [0.2, 0.25) is 0 Å². The van der Waals surface area contributed by atoms with Crippen molar-refractivity contribution in [3.8, 4) is 0 Å². The highest BCUT2D eigenvalue weighted by molar-refractivity contribution is 6.06. The minimum absolute atomic E-state index is 0.0695. The molecule has 0 bridgehead atoms. The van der Waals surface area contributed by atoms with Crippen molar-refractivity contribution >= 4 is 17.3 Å². The fourth-order valence-electron chi connectivity index (χ4n) is 1.57. The molecule has 0 fully saturated rings. The zero-order chi connectivity index (χ0) is 12.4. The van der Waals surface area contributed by atoms with Gasteiger partial charge in [-0.05, 0) is 6.07 Å². The highest BCUT2D eigenvalue weighted by Gasteiger charge is 2.30. The second kappa shape index (κ2) is 4.20. The number of para-hydroxylation sites is 1. The SMILES string of the molecule is NC(=O)C1CC(c2ccccc2[N+](=O)[O-])=NO1. The highest BCUT2D eigenvalue weighted by Crippen LogP contribution is 2.24. The zero-order valence-corrected chi connectivity index (χ0v) is 8.70. The number of amides is 1. The van der Waals surface area contributed by atoms with E-state index in [1.807, 2.05) is 0 Å². The second-order valence-corrected chi connectivity index (χ2v) is 3.51. The number of hydrogen-bond donors (Lipinski definition) is 1. The monoisotopic (exact) mass is 235 g/mol. The van der Waals surface area contributed by atoms with Crippen molar-refractivity contribution in [1.82, 2.24) is 0 Å². The van der Waals surface area contributed by atoms with Crippen molar-refractivity contribution in [2.45, 2.75) is 12.5 Å². The van der Waals surface area contributed by atoms with Crippen LogP contribution in [0.5, 0.6) is 0 Å². The van der Waals surface area contributed by atoms with Gasteiger partial charge in [-0.25, -0.2) is 0 Å². The number of primary amides is 1. The van der Waals surface area contributed by atoms with E-state index in [0.29, 0.717) is 11.3 Å². The summed E-state index contributed by atoms with van der Waals surface area (Å²) in [6, 6.07) is 6.14. The molecule has 1 aliphatic heterocycles. The van der Waals surface area contributed by atoms with Crippen molar-refractivity contribution in [3.63, 3.8) is 0 Å². The van der Waals surface area contributed by atoms with Gasteiger partial charge in [0.1, 0.15) is 0 Å². The van der Waals surface area contributed by atoms with E-state index in [4.69, 9.17) is 10.6 Å². The van der Waals surface area contributed by atoms with E-state index < -0.39 is 16.9 Å². The van der Waals surface area contributed by atoms with Crippen LogP contribution >= 0.6 is 0 Å². The minimum Gasteiger partial charge on any atom is -0.382 e. The van der Waals surface area contributed by atoms with Gasteiger partial charge in [-0.1, -0.05) is 17.3 Å². The van der Waals surface area contributed by atoms with Crippen molar-refractivity contribution in [1.29, 1.82) is 0 Å². The molecule has 0 radical (unpaired) electrons. The van der Waals surface area contributed by atoms with Crippen molar-refractivity contribution in [2.75, 3.05) is 0 Å². The maximum Gasteiger partial charge on any atom is 0.278 e. The van der Waals surface area contributed by atoms with E-state index >= 15 is 0 Å². The van der Waals surface area contributed by atoms with Crippen molar-refractivity contribution in [3.05, 3.63) is 39.9 Å². The van der Waals surface area contributed by atoms with Gasteiger partial charge < -0.3 is 10.6 Å². The maximum atomic E-state index is 10.9. The van der Waals surface area contributed by atoms with Gasteiger partial charge in [0, 0.05) is 12.5 Å². The molecule has 17 heavy (non-hydrogen) atoms. The summed E-state index contributed by atoms with van der Waals surface area (Å²) < 4.78 is 0. The average Bonchev–Trinajstić information content (AvgIpc) is 2.78. The van der Waals surface area contributed by atoms with Crippen LogP contribution < -0.4 is 5.73 Å². The standard InChI is InChI=1S/C10H9N3O4/c11-10(14)9-5-7(12-17-9)6-3-1-2-4-8(6)13(15)16/h1-4,9H,5H2,(H2,11,14). The normalized spacial score (nSPS) is 18.4. The van der Waals surface area contributed by atoms with E-state index in [2.05, 4.69) is 5.16 Å². The Bertz CT molecular complexity index is 512. The van der Waals surface area contributed by atoms with Gasteiger partial charge in [0.05, 0.1) is 16.2 Å². The fourth-order valence-corrected chi connectivity index (χ4v) is 1.57. The molecule has 0 saturated heterocycles. The topological polar surface area (TPSA) is 108 Å². The summed E-state index contributed by atoms with van der Waals surface area (Å²) in [7, 11) is 0. The summed E-state index contributed by atoms with van der Waals surface area (Å²) in [5.74, 6) is -0.637. The number of nitro benzene ring substituents is 1. The molecular weight excluding hydrogens is 226 g/mol. The Kier molecular flexibility index (Phi) is 2.73. The number of nitro groups is 1. The third-order valence-electron chi connectivity index (χ3n) is 2.40. The molecule has 1 heterocycles. The number of carbonyl (C=O) groups excluding carboxylic acids is 1. The van der Waals surface area contributed by atoms with Gasteiger partial charge in [0.25, 0.3) is 11.6 Å². The molecule has 1 aromatic carbocycles. The Morgan fingerprint density at radius 2 is 2.24 bits per heavy atom. The van der Waals surface area contributed by atoms with Gasteiger partial charge in [-0.3, -0.25) is 14.9 Å². The molecule has 2 rings (SSSR count). The molecule has 2 N–H and O–H groups in total. The predicted octanol–water partition coefficient (Wildman–Crippen LogP) is 0.573. The van der Waals surface area contributed by atoms with Crippen molar-refractivity contribution < 1.29 is 14.6 Å². The summed E-state index contributed by atoms with van der Waals surface area (Å²) in [5, 5.41) is 14.5. The summed E-state index contributed by atoms with van der Waals surface area (Å²) in [4.78, 5) is 26.0. The van der Waals surface area contributed by atoms with E-state index in [0.717, 1.165) is 0 Å². The van der Waals surface area contributed by atoms with Gasteiger partial charge in [-0.15, -0.1) is 0 Å². The van der Waals surface area contributed by atoms with Crippen LogP contribution in [0, 0.1) is 10.1 Å². The number of nitrogens with zero attached hydrogens (tertiary/aromatic N) is 2. The van der Waals surface area contributed by atoms with Crippen LogP contribution in [0.3, 0.4) is 0 Å². The first-order valence-corrected chi connectivity index (χ1v) is 4.85. The summed E-state index contributed by atoms with van der Waals surface area (Å²) in [5.41, 5.74) is 5.71. The summed E-state index contributed by atoms with van der Waals surface area (Å²) in [6.45, 7) is 0. The molecule has 7 heteroatoms. The number of carbonyl (C=O) groups is 1. The minimum atomic E-state index is -0.843. The van der Waals surface area contributed by atoms with E-state index in [1.54, 1.807) is 18.2 Å². The molecule has 1 aromatic rings. The molecule has 1 unspecified atom stereocenters. The molecule has 1 aliphatic rings. The third kappa shape index (κ3) is 2.07. The molecular formula is C10H9N3O4. The highest BCUT2D eigenvalue weighted by atomic mass is 16.6. The van der Waals surface area contributed by atoms with E-state index in [1.165, 1.54) is 6.07 Å². The van der Waals surface area contributed by atoms with Gasteiger partial charge in [-0.2, -0.15) is 0 Å². The van der Waals surface area contributed by atoms with E-state index in [-0.39, 0.29) is 12.1 Å². The lowest BCUT2D eigenvalue weighted by molar-refractivity contribution is -0.385. The number of hydrogen-bond acceptors (Lipinski definition) is 5. The van der Waals surface area contributed by atoms with Crippen LogP contribution in [0.1, 0.15) is 12.0 Å². The smallest absolute Gasteiger partial charge is 0.278 e. The number of oxime groups is 1. The van der Waals surface area contributed by atoms with Gasteiger partial charge in [0.15, 0.2) is 0 Å². The number of rotatable bonds is 3. The lowest BCUT2D eigenvalue weighted by Crippen LogP contribution is -2.28. The molecule has 0 aliphatic carbocycles. The Labute approximate surface area is 96.0 Å². The molecule has 7 nitrogen and oxygen atoms in total. The molecule has 88 valence electrons. The average molecular weight is 235 g/mol. The van der Waals surface area contributed by atoms with Gasteiger partial charge >= 0.3 is 0 Å². The van der Waals surface area contributed by atoms with Crippen LogP contribution in [-0.2, 0) is 9.63 Å². The van der Waals surface area contributed by atoms with Crippen LogP contribution in [0.15, 0.2) is 29.4 Å². The van der Waals surface area contributed by atoms with Crippen LogP contribution in [-0.4, -0.2) is 22.6 Å². The zero-order valence-electron chi connectivity index (χ0n) is 8.70. The number of nitrogens with two attached hydrogens (primary N) is 1. The molecule has 1 atom stereocenters. The first-order valence-electron chi connectivity index (χ1n) is 4.85. The number of benzene rings is 1. The largest absolute Gasteiger partial charge is 0.382 e. The second-order valence-electron chi connectivity index (χ2n) is 3.51. The Morgan fingerprint density at radius 1 is 1.53 bits per heavy atom. The first kappa shape index (κ1) is 11.1. The Morgan fingerprint density at radius 3 is 2.82 bits per heavy atom. The Balaban J connectivity index is 2.31. The lowest BCUT2D eigenvalue weighted by atomic mass is 10.0. The summed E-state index contributed by atoms with van der Waals surface area (Å²) >= 11 is 0. The third-order valence-corrected chi connectivity index (χ3v) is 2.40. The van der Waals surface area contributed by atoms with Crippen molar-refractivity contribution in [2.24, 2.45) is 10.9 Å². The Hall–Kier alpha value is -2.44. The maximum absolute atomic E-state index is 10.9.